The molecule has 11 heteroatoms. The van der Waals surface area contributed by atoms with Gasteiger partial charge >= 0.3 is 5.97 Å². The first-order chi connectivity index (χ1) is 23.2. The summed E-state index contributed by atoms with van der Waals surface area (Å²) in [5.74, 6) is -3.33. The van der Waals surface area contributed by atoms with Gasteiger partial charge in [-0.2, -0.15) is 0 Å². The van der Waals surface area contributed by atoms with Crippen molar-refractivity contribution in [1.82, 2.24) is 15.1 Å². The number of unbranched alkanes of at least 4 members (excludes halogenated alkanes) is 1. The molecule has 1 spiro atoms. The Morgan fingerprint density at radius 3 is 2.48 bits per heavy atom. The number of hydrogen-bond acceptors (Lipinski definition) is 7. The van der Waals surface area contributed by atoms with Crippen molar-refractivity contribution in [2.24, 2.45) is 11.8 Å². The van der Waals surface area contributed by atoms with Crippen LogP contribution in [0.1, 0.15) is 49.3 Å². The molecule has 256 valence electrons. The summed E-state index contributed by atoms with van der Waals surface area (Å²) in [5, 5.41) is 12.4. The number of aliphatic hydroxyl groups is 1. The number of ether oxygens (including phenoxy) is 2. The van der Waals surface area contributed by atoms with Crippen molar-refractivity contribution in [3.63, 3.8) is 0 Å². The van der Waals surface area contributed by atoms with Gasteiger partial charge in [0.15, 0.2) is 0 Å². The van der Waals surface area contributed by atoms with E-state index < -0.39 is 41.7 Å². The van der Waals surface area contributed by atoms with Gasteiger partial charge in [0, 0.05) is 37.5 Å². The van der Waals surface area contributed by atoms with E-state index in [1.54, 1.807) is 22.0 Å². The Labute approximate surface area is 290 Å². The van der Waals surface area contributed by atoms with Gasteiger partial charge < -0.3 is 29.7 Å². The van der Waals surface area contributed by atoms with Gasteiger partial charge in [0.1, 0.15) is 17.7 Å². The maximum Gasteiger partial charge on any atom is 0.313 e. The van der Waals surface area contributed by atoms with Crippen LogP contribution >= 0.6 is 15.9 Å². The van der Waals surface area contributed by atoms with Crippen LogP contribution in [0.5, 0.6) is 0 Å². The van der Waals surface area contributed by atoms with E-state index in [1.165, 1.54) is 0 Å². The molecule has 2 aromatic carbocycles. The number of hydrogen-bond donors (Lipinski definition) is 2. The van der Waals surface area contributed by atoms with E-state index in [0.29, 0.717) is 37.8 Å². The predicted octanol–water partition coefficient (Wildman–Crippen LogP) is 4.09. The van der Waals surface area contributed by atoms with Crippen LogP contribution in [-0.4, -0.2) is 87.4 Å². The van der Waals surface area contributed by atoms with Gasteiger partial charge in [-0.3, -0.25) is 19.2 Å². The number of nitrogens with one attached hydrogen (secondary N) is 1. The summed E-state index contributed by atoms with van der Waals surface area (Å²) in [7, 11) is 0. The number of esters is 1. The molecule has 0 aliphatic carbocycles. The van der Waals surface area contributed by atoms with Gasteiger partial charge in [-0.05, 0) is 36.8 Å². The molecular weight excluding hydrogens is 678 g/mol. The van der Waals surface area contributed by atoms with E-state index in [9.17, 15) is 24.3 Å². The number of carbonyl (C=O) groups excluding carboxylic acids is 4. The Morgan fingerprint density at radius 2 is 1.81 bits per heavy atom. The molecule has 7 atom stereocenters. The molecule has 3 aliphatic rings. The van der Waals surface area contributed by atoms with Crippen molar-refractivity contribution >= 4 is 39.6 Å². The maximum atomic E-state index is 14.6. The van der Waals surface area contributed by atoms with E-state index in [-0.39, 0.29) is 55.2 Å². The Balaban J connectivity index is 1.45. The second-order valence-corrected chi connectivity index (χ2v) is 13.8. The third-order valence-electron chi connectivity index (χ3n) is 9.47. The van der Waals surface area contributed by atoms with Crippen LogP contribution in [0, 0.1) is 11.8 Å². The monoisotopic (exact) mass is 721 g/mol. The summed E-state index contributed by atoms with van der Waals surface area (Å²) in [6, 6.07) is 17.8. The lowest BCUT2D eigenvalue weighted by atomic mass is 9.70. The Morgan fingerprint density at radius 1 is 1.10 bits per heavy atom. The maximum absolute atomic E-state index is 14.6. The quantitative estimate of drug-likeness (QED) is 0.109. The zero-order valence-corrected chi connectivity index (χ0v) is 28.6. The summed E-state index contributed by atoms with van der Waals surface area (Å²) in [4.78, 5) is 58.6. The highest BCUT2D eigenvalue weighted by molar-refractivity contribution is 9.09. The van der Waals surface area contributed by atoms with Gasteiger partial charge in [0.05, 0.1) is 24.5 Å². The van der Waals surface area contributed by atoms with E-state index in [1.807, 2.05) is 60.7 Å². The SMILES string of the molecule is C=CCCC(=O)NC[C@H](OC(=O)[C@H]1[C@@H]2O[C@@]3(CC2Br)[C@@H]1C(=O)N(CCCCO)[C@@H]3C(=O)N(CC=C)Cc1ccccc1)c1ccccc1. The summed E-state index contributed by atoms with van der Waals surface area (Å²) in [5.41, 5.74) is 0.368. The highest BCUT2D eigenvalue weighted by Gasteiger charge is 2.77. The van der Waals surface area contributed by atoms with Gasteiger partial charge in [-0.1, -0.05) is 88.7 Å². The third-order valence-corrected chi connectivity index (χ3v) is 10.3. The minimum Gasteiger partial charge on any atom is -0.455 e. The standard InChI is InChI=1S/C37H44BrN3O7/c1-3-5-18-29(43)39-23-28(26-16-10-7-11-17-26)47-36(46)30-31-34(44)41(20-12-13-21-42)33(37(31)22-27(38)32(30)48-37)35(45)40(19-4-2)24-25-14-8-6-9-15-25/h3-4,6-11,14-17,27-28,30-33,42H,1-2,5,12-13,18-24H2,(H,39,43)/t27?,28-,30+,31-,32+,33+,37-/m0/s1. The molecule has 1 unspecified atom stereocenters. The van der Waals surface area contributed by atoms with Crippen LogP contribution in [0.15, 0.2) is 86.0 Å². The fourth-order valence-electron chi connectivity index (χ4n) is 7.32. The Hall–Kier alpha value is -3.80. The molecule has 5 rings (SSSR count). The predicted molar refractivity (Wildman–Crippen MR) is 184 cm³/mol. The van der Waals surface area contributed by atoms with Gasteiger partial charge in [-0.25, -0.2) is 0 Å². The lowest BCUT2D eigenvalue weighted by Crippen LogP contribution is -2.56. The lowest BCUT2D eigenvalue weighted by molar-refractivity contribution is -0.160. The van der Waals surface area contributed by atoms with Crippen LogP contribution in [0.3, 0.4) is 0 Å². The molecule has 3 amide bonds. The lowest BCUT2D eigenvalue weighted by Gasteiger charge is -2.37. The molecule has 2 N–H and O–H groups in total. The molecule has 0 aromatic heterocycles. The number of aliphatic hydroxyl groups excluding tert-OH is 1. The third kappa shape index (κ3) is 7.28. The van der Waals surface area contributed by atoms with Gasteiger partial charge in [0.2, 0.25) is 17.7 Å². The second-order valence-electron chi connectivity index (χ2n) is 12.6. The van der Waals surface area contributed by atoms with Crippen LogP contribution in [0.4, 0.5) is 0 Å². The number of halogens is 1. The molecule has 3 heterocycles. The zero-order valence-electron chi connectivity index (χ0n) is 27.0. The summed E-state index contributed by atoms with van der Waals surface area (Å²) < 4.78 is 12.8. The van der Waals surface area contributed by atoms with Gasteiger partial charge in [-0.15, -0.1) is 13.2 Å². The second kappa shape index (κ2) is 16.1. The smallest absolute Gasteiger partial charge is 0.313 e. The number of amides is 3. The minimum atomic E-state index is -1.26. The van der Waals surface area contributed by atoms with Crippen molar-refractivity contribution in [2.45, 2.75) is 67.3 Å². The average molecular weight is 723 g/mol. The van der Waals surface area contributed by atoms with Crippen LogP contribution in [-0.2, 0) is 35.2 Å². The van der Waals surface area contributed by atoms with E-state index in [2.05, 4.69) is 34.4 Å². The molecular formula is C37H44BrN3O7. The van der Waals surface area contributed by atoms with Crippen molar-refractivity contribution in [3.8, 4) is 0 Å². The van der Waals surface area contributed by atoms with E-state index >= 15 is 0 Å². The molecule has 3 aliphatic heterocycles. The average Bonchev–Trinajstić information content (AvgIpc) is 3.69. The van der Waals surface area contributed by atoms with Crippen molar-refractivity contribution in [2.75, 3.05) is 26.2 Å². The normalized spacial score (nSPS) is 26.1. The first-order valence-corrected chi connectivity index (χ1v) is 17.5. The number of nitrogens with zero attached hydrogens (tertiary/aromatic N) is 2. The Kier molecular flexibility index (Phi) is 11.9. The molecule has 48 heavy (non-hydrogen) atoms. The van der Waals surface area contributed by atoms with Crippen molar-refractivity contribution < 1.29 is 33.8 Å². The zero-order chi connectivity index (χ0) is 34.3. The van der Waals surface area contributed by atoms with E-state index in [0.717, 1.165) is 5.56 Å². The molecule has 10 nitrogen and oxygen atoms in total. The number of alkyl halides is 1. The molecule has 0 radical (unpaired) electrons. The van der Waals surface area contributed by atoms with Crippen LogP contribution in [0.25, 0.3) is 0 Å². The highest BCUT2D eigenvalue weighted by Crippen LogP contribution is 2.60. The Bertz CT molecular complexity index is 1470. The number of rotatable bonds is 17. The molecule has 2 aromatic rings. The first-order valence-electron chi connectivity index (χ1n) is 16.6. The topological polar surface area (TPSA) is 125 Å². The number of likely N-dealkylation sites (tertiary alicyclic amines) is 1. The fourth-order valence-corrected chi connectivity index (χ4v) is 8.26. The number of allylic oxidation sites excluding steroid dienone is 1. The van der Waals surface area contributed by atoms with Crippen LogP contribution < -0.4 is 5.32 Å². The van der Waals surface area contributed by atoms with Crippen LogP contribution in [0.2, 0.25) is 0 Å². The minimum absolute atomic E-state index is 0.0478. The van der Waals surface area contributed by atoms with E-state index in [4.69, 9.17) is 9.47 Å². The van der Waals surface area contributed by atoms with Crippen molar-refractivity contribution in [1.29, 1.82) is 0 Å². The molecule has 0 saturated carbocycles. The largest absolute Gasteiger partial charge is 0.455 e. The summed E-state index contributed by atoms with van der Waals surface area (Å²) in [6.45, 7) is 8.33. The number of carbonyl (C=O) groups is 4. The molecule has 3 saturated heterocycles. The van der Waals surface area contributed by atoms with Crippen molar-refractivity contribution in [3.05, 3.63) is 97.1 Å². The number of benzene rings is 2. The first kappa shape index (κ1) is 35.5. The molecule has 3 fully saturated rings. The summed E-state index contributed by atoms with van der Waals surface area (Å²) in [6.07, 6.45) is 3.90. The highest BCUT2D eigenvalue weighted by atomic mass is 79.9. The summed E-state index contributed by atoms with van der Waals surface area (Å²) >= 11 is 3.72. The number of fused-ring (bicyclic) bond motifs is 1. The fraction of sp³-hybridized carbons (Fsp3) is 0.459. The van der Waals surface area contributed by atoms with Gasteiger partial charge in [0.25, 0.3) is 0 Å². The molecule has 2 bridgehead atoms.